The van der Waals surface area contributed by atoms with Crippen molar-refractivity contribution in [1.29, 1.82) is 0 Å². The van der Waals surface area contributed by atoms with Crippen molar-refractivity contribution in [3.8, 4) is 28.8 Å². The van der Waals surface area contributed by atoms with E-state index in [2.05, 4.69) is 20.6 Å². The standard InChI is InChI=1S/C22H20FN5O4/c1-30-17-6-2-4-15(12-17)22-26-25-19-8-9-21(27-28(19)22)31-11-10-24-20(29)14-32-18-7-3-5-16(23)13-18/h2-9,12-13H,10-11,14H2,1H3,(H,24,29). The molecule has 0 aliphatic heterocycles. The van der Waals surface area contributed by atoms with Gasteiger partial charge >= 0.3 is 0 Å². The number of nitrogens with one attached hydrogen (secondary N) is 1. The van der Waals surface area contributed by atoms with Gasteiger partial charge in [0.25, 0.3) is 5.91 Å². The second kappa shape index (κ2) is 9.73. The quantitative estimate of drug-likeness (QED) is 0.402. The van der Waals surface area contributed by atoms with Crippen LogP contribution in [-0.4, -0.2) is 52.6 Å². The average Bonchev–Trinajstić information content (AvgIpc) is 3.24. The van der Waals surface area contributed by atoms with E-state index in [0.717, 1.165) is 5.56 Å². The number of aromatic nitrogens is 4. The van der Waals surface area contributed by atoms with Crippen LogP contribution in [0.15, 0.2) is 60.7 Å². The van der Waals surface area contributed by atoms with Gasteiger partial charge in [0.05, 0.1) is 13.7 Å². The maximum absolute atomic E-state index is 13.1. The average molecular weight is 437 g/mol. The zero-order valence-corrected chi connectivity index (χ0v) is 17.2. The molecule has 0 unspecified atom stereocenters. The zero-order valence-electron chi connectivity index (χ0n) is 17.2. The Morgan fingerprint density at radius 2 is 1.88 bits per heavy atom. The Hall–Kier alpha value is -4.21. The maximum atomic E-state index is 13.1. The lowest BCUT2D eigenvalue weighted by Crippen LogP contribution is -2.32. The smallest absolute Gasteiger partial charge is 0.258 e. The third-order valence-corrected chi connectivity index (χ3v) is 4.41. The molecule has 1 N–H and O–H groups in total. The van der Waals surface area contributed by atoms with Gasteiger partial charge in [-0.2, -0.15) is 4.52 Å². The topological polar surface area (TPSA) is 99.9 Å². The van der Waals surface area contributed by atoms with Crippen LogP contribution in [0, 0.1) is 5.82 Å². The number of carbonyl (C=O) groups is 1. The van der Waals surface area contributed by atoms with Crippen LogP contribution in [0.4, 0.5) is 4.39 Å². The second-order valence-electron chi connectivity index (χ2n) is 6.64. The molecule has 0 aliphatic carbocycles. The van der Waals surface area contributed by atoms with E-state index in [9.17, 15) is 9.18 Å². The lowest BCUT2D eigenvalue weighted by molar-refractivity contribution is -0.123. The van der Waals surface area contributed by atoms with Crippen molar-refractivity contribution in [2.24, 2.45) is 0 Å². The Morgan fingerprint density at radius 3 is 2.72 bits per heavy atom. The first kappa shape index (κ1) is 21.0. The van der Waals surface area contributed by atoms with Gasteiger partial charge in [0.1, 0.15) is 23.9 Å². The van der Waals surface area contributed by atoms with E-state index in [0.29, 0.717) is 23.1 Å². The summed E-state index contributed by atoms with van der Waals surface area (Å²) in [6.45, 7) is 0.217. The number of ether oxygens (including phenoxy) is 3. The molecule has 0 radical (unpaired) electrons. The van der Waals surface area contributed by atoms with E-state index in [4.69, 9.17) is 14.2 Å². The van der Waals surface area contributed by atoms with Crippen molar-refractivity contribution in [2.75, 3.05) is 26.9 Å². The fourth-order valence-electron chi connectivity index (χ4n) is 2.89. The number of hydrogen-bond acceptors (Lipinski definition) is 7. The second-order valence-corrected chi connectivity index (χ2v) is 6.64. The Bertz CT molecular complexity index is 1230. The molecule has 0 saturated heterocycles. The Kier molecular flexibility index (Phi) is 6.40. The van der Waals surface area contributed by atoms with Gasteiger partial charge in [-0.15, -0.1) is 15.3 Å². The minimum atomic E-state index is -0.427. The van der Waals surface area contributed by atoms with Crippen LogP contribution < -0.4 is 19.5 Å². The number of carbonyl (C=O) groups excluding carboxylic acids is 1. The monoisotopic (exact) mass is 437 g/mol. The number of amides is 1. The highest BCUT2D eigenvalue weighted by Gasteiger charge is 2.11. The van der Waals surface area contributed by atoms with Crippen molar-refractivity contribution in [2.45, 2.75) is 0 Å². The summed E-state index contributed by atoms with van der Waals surface area (Å²) in [6, 6.07) is 16.4. The summed E-state index contributed by atoms with van der Waals surface area (Å²) in [7, 11) is 1.59. The van der Waals surface area contributed by atoms with E-state index < -0.39 is 5.82 Å². The number of benzene rings is 2. The van der Waals surface area contributed by atoms with Crippen molar-refractivity contribution < 1.29 is 23.4 Å². The minimum absolute atomic E-state index is 0.195. The third kappa shape index (κ3) is 5.09. The minimum Gasteiger partial charge on any atom is -0.497 e. The molecule has 2 heterocycles. The summed E-state index contributed by atoms with van der Waals surface area (Å²) >= 11 is 0. The van der Waals surface area contributed by atoms with Gasteiger partial charge in [-0.1, -0.05) is 18.2 Å². The number of methoxy groups -OCH3 is 1. The molecule has 4 rings (SSSR count). The first-order valence-corrected chi connectivity index (χ1v) is 9.77. The summed E-state index contributed by atoms with van der Waals surface area (Å²) in [5.41, 5.74) is 1.37. The van der Waals surface area contributed by atoms with E-state index in [1.807, 2.05) is 24.3 Å². The van der Waals surface area contributed by atoms with Crippen LogP contribution in [-0.2, 0) is 4.79 Å². The molecule has 32 heavy (non-hydrogen) atoms. The number of rotatable bonds is 9. The molecular formula is C22H20FN5O4. The summed E-state index contributed by atoms with van der Waals surface area (Å²) in [4.78, 5) is 11.9. The summed E-state index contributed by atoms with van der Waals surface area (Å²) in [5.74, 6) is 1.11. The zero-order chi connectivity index (χ0) is 22.3. The number of hydrogen-bond donors (Lipinski definition) is 1. The van der Waals surface area contributed by atoms with Crippen molar-refractivity contribution >= 4 is 11.6 Å². The predicted molar refractivity (Wildman–Crippen MR) is 113 cm³/mol. The van der Waals surface area contributed by atoms with Crippen LogP contribution >= 0.6 is 0 Å². The maximum Gasteiger partial charge on any atom is 0.258 e. The van der Waals surface area contributed by atoms with Crippen molar-refractivity contribution in [3.05, 3.63) is 66.5 Å². The summed E-state index contributed by atoms with van der Waals surface area (Å²) in [6.07, 6.45) is 0. The predicted octanol–water partition coefficient (Wildman–Crippen LogP) is 2.51. The number of fused-ring (bicyclic) bond motifs is 1. The normalized spacial score (nSPS) is 10.7. The molecule has 0 saturated carbocycles. The molecule has 9 nitrogen and oxygen atoms in total. The van der Waals surface area contributed by atoms with Crippen molar-refractivity contribution in [3.63, 3.8) is 0 Å². The van der Waals surface area contributed by atoms with Gasteiger partial charge in [0.15, 0.2) is 18.1 Å². The lowest BCUT2D eigenvalue weighted by Gasteiger charge is -2.09. The molecule has 0 aliphatic rings. The molecule has 2 aromatic carbocycles. The number of nitrogens with zero attached hydrogens (tertiary/aromatic N) is 4. The summed E-state index contributed by atoms with van der Waals surface area (Å²) in [5, 5.41) is 15.4. The molecule has 2 aromatic heterocycles. The van der Waals surface area contributed by atoms with Gasteiger partial charge in [0, 0.05) is 17.7 Å². The molecule has 164 valence electrons. The fraction of sp³-hybridized carbons (Fsp3) is 0.182. The van der Waals surface area contributed by atoms with Crippen molar-refractivity contribution in [1.82, 2.24) is 25.1 Å². The molecule has 0 atom stereocenters. The highest BCUT2D eigenvalue weighted by atomic mass is 19.1. The molecule has 0 spiro atoms. The SMILES string of the molecule is COc1cccc(-c2nnc3ccc(OCCNC(=O)COc4cccc(F)c4)nn23)c1. The molecule has 0 bridgehead atoms. The van der Waals surface area contributed by atoms with Crippen LogP contribution in [0.2, 0.25) is 0 Å². The number of halogens is 1. The highest BCUT2D eigenvalue weighted by molar-refractivity contribution is 5.77. The van der Waals surface area contributed by atoms with Gasteiger partial charge in [-0.3, -0.25) is 4.79 Å². The molecule has 4 aromatic rings. The van der Waals surface area contributed by atoms with Crippen LogP contribution in [0.25, 0.3) is 17.0 Å². The molecule has 10 heteroatoms. The Morgan fingerprint density at radius 1 is 1.03 bits per heavy atom. The van der Waals surface area contributed by atoms with E-state index >= 15 is 0 Å². The fourth-order valence-corrected chi connectivity index (χ4v) is 2.89. The molecule has 0 fully saturated rings. The first-order valence-electron chi connectivity index (χ1n) is 9.77. The lowest BCUT2D eigenvalue weighted by atomic mass is 10.2. The van der Waals surface area contributed by atoms with Crippen LogP contribution in [0.3, 0.4) is 0 Å². The highest BCUT2D eigenvalue weighted by Crippen LogP contribution is 2.23. The van der Waals surface area contributed by atoms with E-state index in [-0.39, 0.29) is 31.4 Å². The largest absolute Gasteiger partial charge is 0.497 e. The molecule has 1 amide bonds. The van der Waals surface area contributed by atoms with Gasteiger partial charge < -0.3 is 19.5 Å². The Labute approximate surface area is 182 Å². The van der Waals surface area contributed by atoms with Gasteiger partial charge in [0.2, 0.25) is 5.88 Å². The molecular weight excluding hydrogens is 417 g/mol. The van der Waals surface area contributed by atoms with E-state index in [1.54, 1.807) is 29.8 Å². The van der Waals surface area contributed by atoms with Crippen LogP contribution in [0.1, 0.15) is 0 Å². The van der Waals surface area contributed by atoms with Gasteiger partial charge in [-0.25, -0.2) is 4.39 Å². The van der Waals surface area contributed by atoms with E-state index in [1.165, 1.54) is 18.2 Å². The first-order chi connectivity index (χ1) is 15.6. The third-order valence-electron chi connectivity index (χ3n) is 4.41. The summed E-state index contributed by atoms with van der Waals surface area (Å²) < 4.78 is 30.8. The van der Waals surface area contributed by atoms with Gasteiger partial charge in [-0.05, 0) is 30.3 Å². The Balaban J connectivity index is 1.31. The van der Waals surface area contributed by atoms with Crippen LogP contribution in [0.5, 0.6) is 17.4 Å².